The molecule has 1 aromatic heterocycles. The molecule has 2 N–H and O–H groups in total. The molecule has 140 valence electrons. The van der Waals surface area contributed by atoms with E-state index in [1.54, 1.807) is 0 Å². The first-order valence-electron chi connectivity index (χ1n) is 9.73. The Labute approximate surface area is 151 Å². The summed E-state index contributed by atoms with van der Waals surface area (Å²) in [5, 5.41) is 15.3. The molecule has 1 aromatic rings. The third-order valence-electron chi connectivity index (χ3n) is 5.71. The van der Waals surface area contributed by atoms with E-state index >= 15 is 0 Å². The molecular formula is C18H33N7. The minimum Gasteiger partial charge on any atom is -0.352 e. The molecule has 2 aliphatic rings. The number of nitrogens with one attached hydrogen (secondary N) is 2. The van der Waals surface area contributed by atoms with Crippen LogP contribution in [0.1, 0.15) is 56.6 Å². The van der Waals surface area contributed by atoms with Crippen LogP contribution in [0.25, 0.3) is 0 Å². The van der Waals surface area contributed by atoms with Gasteiger partial charge in [-0.1, -0.05) is 19.3 Å². The molecule has 0 amide bonds. The van der Waals surface area contributed by atoms with Crippen LogP contribution < -0.4 is 10.6 Å². The highest BCUT2D eigenvalue weighted by atomic mass is 15.3. The smallest absolute Gasteiger partial charge is 0.191 e. The van der Waals surface area contributed by atoms with Gasteiger partial charge in [0.25, 0.3) is 0 Å². The van der Waals surface area contributed by atoms with Gasteiger partial charge in [0.2, 0.25) is 0 Å². The van der Waals surface area contributed by atoms with Gasteiger partial charge in [0.15, 0.2) is 11.8 Å². The van der Waals surface area contributed by atoms with Crippen LogP contribution in [0, 0.1) is 6.92 Å². The van der Waals surface area contributed by atoms with Crippen molar-refractivity contribution < 1.29 is 0 Å². The number of hydrogen-bond acceptors (Lipinski definition) is 4. The maximum atomic E-state index is 4.39. The van der Waals surface area contributed by atoms with Crippen molar-refractivity contribution in [3.05, 3.63) is 11.6 Å². The van der Waals surface area contributed by atoms with Crippen molar-refractivity contribution in [3.8, 4) is 0 Å². The van der Waals surface area contributed by atoms with Crippen molar-refractivity contribution in [1.82, 2.24) is 30.3 Å². The van der Waals surface area contributed by atoms with Crippen LogP contribution in [-0.4, -0.2) is 57.8 Å². The molecule has 2 heterocycles. The lowest BCUT2D eigenvalue weighted by Gasteiger charge is -2.40. The summed E-state index contributed by atoms with van der Waals surface area (Å²) in [4.78, 5) is 7.10. The minimum atomic E-state index is 0.475. The number of hydrogen-bond donors (Lipinski definition) is 2. The van der Waals surface area contributed by atoms with Gasteiger partial charge in [-0.25, -0.2) is 0 Å². The standard InChI is InChI=1S/C18H33N7/c1-14-22-23-17(24(14)3)12-20-18(19-2)21-15-8-7-11-25(13-15)16-9-5-4-6-10-16/h15-16H,4-13H2,1-3H3,(H2,19,20,21). The number of aromatic nitrogens is 3. The lowest BCUT2D eigenvalue weighted by atomic mass is 9.92. The fourth-order valence-electron chi connectivity index (χ4n) is 4.06. The molecule has 1 atom stereocenters. The van der Waals surface area contributed by atoms with Crippen LogP contribution in [0.5, 0.6) is 0 Å². The second-order valence-corrected chi connectivity index (χ2v) is 7.42. The zero-order valence-corrected chi connectivity index (χ0v) is 16.0. The molecule has 0 radical (unpaired) electrons. The Kier molecular flexibility index (Phi) is 6.29. The first-order chi connectivity index (χ1) is 12.2. The van der Waals surface area contributed by atoms with E-state index in [1.807, 2.05) is 25.6 Å². The largest absolute Gasteiger partial charge is 0.352 e. The van der Waals surface area contributed by atoms with Gasteiger partial charge in [0, 0.05) is 32.7 Å². The van der Waals surface area contributed by atoms with Crippen LogP contribution in [0.4, 0.5) is 0 Å². The summed E-state index contributed by atoms with van der Waals surface area (Å²) in [6.45, 7) is 4.99. The SMILES string of the molecule is CN=C(NCc1nnc(C)n1C)NC1CCCN(C2CCCCC2)C1. The van der Waals surface area contributed by atoms with Gasteiger partial charge >= 0.3 is 0 Å². The second kappa shape index (κ2) is 8.65. The van der Waals surface area contributed by atoms with Crippen molar-refractivity contribution in [2.75, 3.05) is 20.1 Å². The number of aryl methyl sites for hydroxylation is 1. The van der Waals surface area contributed by atoms with Crippen LogP contribution in [0.3, 0.4) is 0 Å². The third kappa shape index (κ3) is 4.71. The van der Waals surface area contributed by atoms with Gasteiger partial charge in [-0.05, 0) is 39.2 Å². The van der Waals surface area contributed by atoms with E-state index in [4.69, 9.17) is 0 Å². The molecule has 3 rings (SSSR count). The predicted octanol–water partition coefficient (Wildman–Crippen LogP) is 1.59. The molecule has 25 heavy (non-hydrogen) atoms. The third-order valence-corrected chi connectivity index (χ3v) is 5.71. The predicted molar refractivity (Wildman–Crippen MR) is 101 cm³/mol. The Bertz CT molecular complexity index is 574. The summed E-state index contributed by atoms with van der Waals surface area (Å²) in [7, 11) is 3.82. The lowest BCUT2D eigenvalue weighted by Crippen LogP contribution is -2.53. The van der Waals surface area contributed by atoms with Crippen LogP contribution in [0.15, 0.2) is 4.99 Å². The zero-order valence-electron chi connectivity index (χ0n) is 16.0. The van der Waals surface area contributed by atoms with Gasteiger partial charge in [-0.2, -0.15) is 0 Å². The van der Waals surface area contributed by atoms with Gasteiger partial charge in [0.05, 0.1) is 6.54 Å². The van der Waals surface area contributed by atoms with E-state index < -0.39 is 0 Å². The van der Waals surface area contributed by atoms with Crippen LogP contribution in [0.2, 0.25) is 0 Å². The molecule has 1 aliphatic carbocycles. The molecule has 1 unspecified atom stereocenters. The average molecular weight is 348 g/mol. The fourth-order valence-corrected chi connectivity index (χ4v) is 4.06. The number of aliphatic imine (C=N–C) groups is 1. The van der Waals surface area contributed by atoms with E-state index in [0.717, 1.165) is 30.2 Å². The normalized spacial score (nSPS) is 23.6. The number of guanidine groups is 1. The molecule has 7 nitrogen and oxygen atoms in total. The summed E-state index contributed by atoms with van der Waals surface area (Å²) in [5.41, 5.74) is 0. The van der Waals surface area contributed by atoms with Gasteiger partial charge in [-0.15, -0.1) is 10.2 Å². The Morgan fingerprint density at radius 3 is 2.64 bits per heavy atom. The van der Waals surface area contributed by atoms with Crippen molar-refractivity contribution in [1.29, 1.82) is 0 Å². The fraction of sp³-hybridized carbons (Fsp3) is 0.833. The van der Waals surface area contributed by atoms with Crippen LogP contribution in [-0.2, 0) is 13.6 Å². The maximum Gasteiger partial charge on any atom is 0.191 e. The van der Waals surface area contributed by atoms with E-state index in [0.29, 0.717) is 12.6 Å². The Hall–Kier alpha value is -1.63. The molecule has 0 aromatic carbocycles. The van der Waals surface area contributed by atoms with Gasteiger partial charge in [-0.3, -0.25) is 9.89 Å². The molecule has 1 saturated heterocycles. The second-order valence-electron chi connectivity index (χ2n) is 7.42. The molecule has 7 heteroatoms. The average Bonchev–Trinajstić information content (AvgIpc) is 2.98. The highest BCUT2D eigenvalue weighted by molar-refractivity contribution is 5.79. The molecule has 1 saturated carbocycles. The summed E-state index contributed by atoms with van der Waals surface area (Å²) < 4.78 is 2.01. The van der Waals surface area contributed by atoms with E-state index in [2.05, 4.69) is 30.7 Å². The maximum absolute atomic E-state index is 4.39. The quantitative estimate of drug-likeness (QED) is 0.639. The Morgan fingerprint density at radius 2 is 1.96 bits per heavy atom. The molecule has 2 fully saturated rings. The number of piperidine rings is 1. The topological polar surface area (TPSA) is 70.4 Å². The Morgan fingerprint density at radius 1 is 1.16 bits per heavy atom. The number of nitrogens with zero attached hydrogens (tertiary/aromatic N) is 5. The molecular weight excluding hydrogens is 314 g/mol. The summed E-state index contributed by atoms with van der Waals surface area (Å²) >= 11 is 0. The Balaban J connectivity index is 1.50. The van der Waals surface area contributed by atoms with E-state index in [-0.39, 0.29) is 0 Å². The van der Waals surface area contributed by atoms with E-state index in [1.165, 1.54) is 51.5 Å². The van der Waals surface area contributed by atoms with Gasteiger partial charge < -0.3 is 15.2 Å². The first kappa shape index (κ1) is 18.2. The van der Waals surface area contributed by atoms with E-state index in [9.17, 15) is 0 Å². The summed E-state index contributed by atoms with van der Waals surface area (Å²) in [6, 6.07) is 1.28. The number of likely N-dealkylation sites (tertiary alicyclic amines) is 1. The number of rotatable bonds is 4. The summed E-state index contributed by atoms with van der Waals surface area (Å²) in [5.74, 6) is 2.71. The lowest BCUT2D eigenvalue weighted by molar-refractivity contribution is 0.115. The van der Waals surface area contributed by atoms with Crippen LogP contribution >= 0.6 is 0 Å². The monoisotopic (exact) mass is 347 g/mol. The molecule has 1 aliphatic heterocycles. The highest BCUT2D eigenvalue weighted by Crippen LogP contribution is 2.25. The molecule has 0 spiro atoms. The van der Waals surface area contributed by atoms with Crippen molar-refractivity contribution >= 4 is 5.96 Å². The minimum absolute atomic E-state index is 0.475. The summed E-state index contributed by atoms with van der Waals surface area (Å²) in [6.07, 6.45) is 9.47. The zero-order chi connectivity index (χ0) is 17.6. The van der Waals surface area contributed by atoms with Crippen molar-refractivity contribution in [3.63, 3.8) is 0 Å². The van der Waals surface area contributed by atoms with Gasteiger partial charge in [0.1, 0.15) is 5.82 Å². The molecule has 0 bridgehead atoms. The highest BCUT2D eigenvalue weighted by Gasteiger charge is 2.27. The first-order valence-corrected chi connectivity index (χ1v) is 9.73. The van der Waals surface area contributed by atoms with Crippen molar-refractivity contribution in [2.45, 2.75) is 70.5 Å². The van der Waals surface area contributed by atoms with Crippen molar-refractivity contribution in [2.24, 2.45) is 12.0 Å².